The predicted molar refractivity (Wildman–Crippen MR) is 108 cm³/mol. The summed E-state index contributed by atoms with van der Waals surface area (Å²) in [6.07, 6.45) is 1.95. The van der Waals surface area contributed by atoms with E-state index in [4.69, 9.17) is 16.3 Å². The van der Waals surface area contributed by atoms with Gasteiger partial charge < -0.3 is 15.0 Å². The number of nitrogens with zero attached hydrogens (tertiary/aromatic N) is 1. The minimum Gasteiger partial charge on any atom is -0.457 e. The lowest BCUT2D eigenvalue weighted by Gasteiger charge is -2.32. The molecule has 0 aliphatic carbocycles. The number of ether oxygens (including phenoxy) is 1. The first-order valence-electron chi connectivity index (χ1n) is 8.73. The Labute approximate surface area is 170 Å². The summed E-state index contributed by atoms with van der Waals surface area (Å²) in [5, 5.41) is 3.67. The van der Waals surface area contributed by atoms with Gasteiger partial charge in [0, 0.05) is 18.1 Å². The van der Waals surface area contributed by atoms with Crippen molar-refractivity contribution in [2.45, 2.75) is 12.8 Å². The first-order chi connectivity index (χ1) is 12.6. The van der Waals surface area contributed by atoms with Crippen molar-refractivity contribution in [3.8, 4) is 11.5 Å². The van der Waals surface area contributed by atoms with Gasteiger partial charge in [-0.3, -0.25) is 4.79 Å². The summed E-state index contributed by atoms with van der Waals surface area (Å²) in [6.45, 7) is 2.40. The van der Waals surface area contributed by atoms with Crippen LogP contribution in [0.1, 0.15) is 23.2 Å². The Morgan fingerprint density at radius 2 is 1.89 bits per heavy atom. The number of halogens is 3. The van der Waals surface area contributed by atoms with Crippen LogP contribution < -0.4 is 10.1 Å². The number of rotatable bonds is 5. The number of benzene rings is 2. The van der Waals surface area contributed by atoms with Gasteiger partial charge in [0.05, 0.1) is 5.56 Å². The fourth-order valence-corrected chi connectivity index (χ4v) is 3.36. The van der Waals surface area contributed by atoms with E-state index < -0.39 is 0 Å². The number of carbonyl (C=O) groups excluding carboxylic acids is 1. The molecule has 0 spiro atoms. The maximum absolute atomic E-state index is 13.1. The molecule has 0 unspecified atom stereocenters. The second kappa shape index (κ2) is 9.93. The van der Waals surface area contributed by atoms with Crippen molar-refractivity contribution in [1.82, 2.24) is 10.2 Å². The minimum absolute atomic E-state index is 0. The van der Waals surface area contributed by atoms with Gasteiger partial charge in [-0.1, -0.05) is 11.6 Å². The maximum Gasteiger partial charge on any atom is 0.257 e. The molecule has 1 saturated heterocycles. The lowest BCUT2D eigenvalue weighted by Crippen LogP contribution is -2.40. The Kier molecular flexibility index (Phi) is 7.90. The van der Waals surface area contributed by atoms with E-state index in [1.165, 1.54) is 24.3 Å². The summed E-state index contributed by atoms with van der Waals surface area (Å²) in [5.41, 5.74) is 0.425. The van der Waals surface area contributed by atoms with E-state index in [-0.39, 0.29) is 24.1 Å². The van der Waals surface area contributed by atoms with Crippen molar-refractivity contribution in [3.05, 3.63) is 58.9 Å². The van der Waals surface area contributed by atoms with Gasteiger partial charge in [0.1, 0.15) is 17.3 Å². The smallest absolute Gasteiger partial charge is 0.257 e. The van der Waals surface area contributed by atoms with Gasteiger partial charge in [0.15, 0.2) is 0 Å². The zero-order valence-electron chi connectivity index (χ0n) is 15.1. The Bertz CT molecular complexity index is 763. The van der Waals surface area contributed by atoms with Gasteiger partial charge in [0.2, 0.25) is 0 Å². The van der Waals surface area contributed by atoms with Crippen molar-refractivity contribution in [3.63, 3.8) is 0 Å². The molecule has 0 aromatic heterocycles. The number of hydrogen-bond acceptors (Lipinski definition) is 3. The Balaban J connectivity index is 0.00000261. The van der Waals surface area contributed by atoms with Crippen LogP contribution in [-0.2, 0) is 0 Å². The van der Waals surface area contributed by atoms with Crippen LogP contribution in [0, 0.1) is 11.7 Å². The number of likely N-dealkylation sites (tertiary alicyclic amines) is 1. The van der Waals surface area contributed by atoms with Crippen molar-refractivity contribution in [2.75, 3.05) is 26.7 Å². The normalized spacial score (nSPS) is 14.6. The molecule has 27 heavy (non-hydrogen) atoms. The van der Waals surface area contributed by atoms with E-state index >= 15 is 0 Å². The van der Waals surface area contributed by atoms with Crippen LogP contribution >= 0.6 is 24.0 Å². The topological polar surface area (TPSA) is 41.6 Å². The molecule has 1 heterocycles. The van der Waals surface area contributed by atoms with Crippen molar-refractivity contribution < 1.29 is 13.9 Å². The highest BCUT2D eigenvalue weighted by Crippen LogP contribution is 2.30. The van der Waals surface area contributed by atoms with Crippen molar-refractivity contribution in [2.24, 2.45) is 5.92 Å². The van der Waals surface area contributed by atoms with E-state index in [1.54, 1.807) is 18.2 Å². The average Bonchev–Trinajstić information content (AvgIpc) is 2.65. The second-order valence-electron chi connectivity index (χ2n) is 6.49. The summed E-state index contributed by atoms with van der Waals surface area (Å²) < 4.78 is 18.9. The molecular weight excluding hydrogens is 390 g/mol. The molecule has 3 rings (SSSR count). The molecule has 4 nitrogen and oxygen atoms in total. The summed E-state index contributed by atoms with van der Waals surface area (Å²) in [5.74, 6) is 1.05. The average molecular weight is 413 g/mol. The SMILES string of the molecule is CNCC1CCN(C(=O)c2cc(Cl)ccc2Oc2ccc(F)cc2)CC1.Cl. The molecule has 1 aliphatic rings. The van der Waals surface area contributed by atoms with E-state index in [2.05, 4.69) is 5.32 Å². The molecule has 7 heteroatoms. The van der Waals surface area contributed by atoms with Gasteiger partial charge in [-0.25, -0.2) is 4.39 Å². The Hall–Kier alpha value is -1.82. The molecule has 0 radical (unpaired) electrons. The summed E-state index contributed by atoms with van der Waals surface area (Å²) in [4.78, 5) is 14.8. The number of hydrogen-bond donors (Lipinski definition) is 1. The van der Waals surface area contributed by atoms with E-state index in [9.17, 15) is 9.18 Å². The third-order valence-electron chi connectivity index (χ3n) is 4.61. The zero-order valence-corrected chi connectivity index (χ0v) is 16.7. The van der Waals surface area contributed by atoms with E-state index in [0.717, 1.165) is 19.4 Å². The highest BCUT2D eigenvalue weighted by Gasteiger charge is 2.25. The molecule has 1 N–H and O–H groups in total. The predicted octanol–water partition coefficient (Wildman–Crippen LogP) is 4.76. The van der Waals surface area contributed by atoms with E-state index in [1.807, 2.05) is 11.9 Å². The molecule has 1 aliphatic heterocycles. The molecule has 0 atom stereocenters. The highest BCUT2D eigenvalue weighted by atomic mass is 35.5. The lowest BCUT2D eigenvalue weighted by atomic mass is 9.96. The van der Waals surface area contributed by atoms with Crippen LogP contribution in [0.25, 0.3) is 0 Å². The van der Waals surface area contributed by atoms with Crippen molar-refractivity contribution >= 4 is 29.9 Å². The van der Waals surface area contributed by atoms with Crippen LogP contribution in [0.3, 0.4) is 0 Å². The standard InChI is InChI=1S/C20H22ClFN2O2.ClH/c1-23-13-14-8-10-24(11-9-14)20(25)18-12-15(21)2-7-19(18)26-17-5-3-16(22)4-6-17;/h2-7,12,14,23H,8-11,13H2,1H3;1H. The summed E-state index contributed by atoms with van der Waals surface area (Å²) >= 11 is 6.10. The molecular formula is C20H23Cl2FN2O2. The van der Waals surface area contributed by atoms with Gasteiger partial charge in [-0.15, -0.1) is 12.4 Å². The number of nitrogens with one attached hydrogen (secondary N) is 1. The zero-order chi connectivity index (χ0) is 18.5. The van der Waals surface area contributed by atoms with Crippen molar-refractivity contribution in [1.29, 1.82) is 0 Å². The molecule has 1 amide bonds. The number of amides is 1. The van der Waals surface area contributed by atoms with Crippen LogP contribution in [0.5, 0.6) is 11.5 Å². The molecule has 1 fully saturated rings. The fraction of sp³-hybridized carbons (Fsp3) is 0.350. The van der Waals surface area contributed by atoms with Gasteiger partial charge in [0.25, 0.3) is 5.91 Å². The minimum atomic E-state index is -0.339. The highest BCUT2D eigenvalue weighted by molar-refractivity contribution is 6.31. The Morgan fingerprint density at radius 1 is 1.22 bits per heavy atom. The first-order valence-corrected chi connectivity index (χ1v) is 9.11. The molecule has 2 aromatic rings. The van der Waals surface area contributed by atoms with Crippen LogP contribution in [0.2, 0.25) is 5.02 Å². The van der Waals surface area contributed by atoms with E-state index in [0.29, 0.717) is 41.1 Å². The van der Waals surface area contributed by atoms with Crippen LogP contribution in [0.15, 0.2) is 42.5 Å². The lowest BCUT2D eigenvalue weighted by molar-refractivity contribution is 0.0688. The third kappa shape index (κ3) is 5.58. The number of carbonyl (C=O) groups is 1. The first kappa shape index (κ1) is 21.5. The largest absolute Gasteiger partial charge is 0.457 e. The second-order valence-corrected chi connectivity index (χ2v) is 6.93. The molecule has 2 aromatic carbocycles. The quantitative estimate of drug-likeness (QED) is 0.768. The Morgan fingerprint density at radius 3 is 2.52 bits per heavy atom. The molecule has 0 saturated carbocycles. The maximum atomic E-state index is 13.1. The molecule has 0 bridgehead atoms. The summed E-state index contributed by atoms with van der Waals surface area (Å²) in [6, 6.07) is 10.7. The monoisotopic (exact) mass is 412 g/mol. The summed E-state index contributed by atoms with van der Waals surface area (Å²) in [7, 11) is 1.95. The fourth-order valence-electron chi connectivity index (χ4n) is 3.19. The third-order valence-corrected chi connectivity index (χ3v) is 4.84. The van der Waals surface area contributed by atoms with Crippen LogP contribution in [0.4, 0.5) is 4.39 Å². The number of piperidine rings is 1. The van der Waals surface area contributed by atoms with Gasteiger partial charge in [-0.05, 0) is 74.8 Å². The van der Waals surface area contributed by atoms with Crippen LogP contribution in [-0.4, -0.2) is 37.5 Å². The van der Waals surface area contributed by atoms with Gasteiger partial charge in [-0.2, -0.15) is 0 Å². The van der Waals surface area contributed by atoms with Gasteiger partial charge >= 0.3 is 0 Å². The molecule has 146 valence electrons.